The van der Waals surface area contributed by atoms with Crippen LogP contribution < -0.4 is 24.8 Å². The Labute approximate surface area is 429 Å². The molecule has 0 saturated carbocycles. The maximum atomic E-state index is 14.2. The quantitative estimate of drug-likeness (QED) is 0.106. The highest BCUT2D eigenvalue weighted by atomic mass is 32.1. The molecule has 3 saturated heterocycles. The van der Waals surface area contributed by atoms with Crippen LogP contribution in [0.2, 0.25) is 0 Å². The number of nitriles is 1. The fraction of sp³-hybridized carbons (Fsp3) is 0.358. The highest BCUT2D eigenvalue weighted by Crippen LogP contribution is 2.40. The number of β-amino-alcohol motifs (C(OH)–C–C–N with tert-alkyl or cyclic N) is 1. The van der Waals surface area contributed by atoms with Crippen LogP contribution in [0.1, 0.15) is 75.4 Å². The fourth-order valence-electron chi connectivity index (χ4n) is 9.77. The number of piperidine rings is 1. The number of likely N-dealkylation sites (tertiary alicyclic amines) is 1. The molecule has 6 aromatic rings. The maximum Gasteiger partial charge on any atom is 0.417 e. The van der Waals surface area contributed by atoms with Crippen molar-refractivity contribution >= 4 is 63.6 Å². The number of nitrogens with zero attached hydrogens (tertiary/aromatic N) is 9. The second-order valence-corrected chi connectivity index (χ2v) is 20.6. The van der Waals surface area contributed by atoms with Crippen molar-refractivity contribution in [1.29, 1.82) is 5.26 Å². The molecule has 378 valence electrons. The summed E-state index contributed by atoms with van der Waals surface area (Å²) in [5.74, 6) is 0.0155. The van der Waals surface area contributed by atoms with Crippen molar-refractivity contribution < 1.29 is 37.4 Å². The van der Waals surface area contributed by atoms with Gasteiger partial charge >= 0.3 is 6.18 Å². The maximum absolute atomic E-state index is 14.2. The van der Waals surface area contributed by atoms with Gasteiger partial charge in [-0.1, -0.05) is 50.2 Å². The average Bonchev–Trinajstić information content (AvgIpc) is 4.16. The first-order valence-corrected chi connectivity index (χ1v) is 25.2. The van der Waals surface area contributed by atoms with E-state index < -0.39 is 46.9 Å². The van der Waals surface area contributed by atoms with Crippen LogP contribution in [0.25, 0.3) is 21.6 Å². The van der Waals surface area contributed by atoms with E-state index in [2.05, 4.69) is 20.3 Å². The number of anilines is 3. The predicted octanol–water partition coefficient (Wildman–Crippen LogP) is 8.71. The van der Waals surface area contributed by atoms with E-state index in [4.69, 9.17) is 21.9 Å². The number of benzene rings is 3. The van der Waals surface area contributed by atoms with E-state index in [1.807, 2.05) is 74.8 Å². The summed E-state index contributed by atoms with van der Waals surface area (Å²) in [5.41, 5.74) is 4.02. The summed E-state index contributed by atoms with van der Waals surface area (Å²) in [5, 5.41) is 27.5. The molecule has 15 nitrogen and oxygen atoms in total. The van der Waals surface area contributed by atoms with E-state index >= 15 is 0 Å². The number of hydrogen-bond acceptors (Lipinski definition) is 12. The smallest absolute Gasteiger partial charge is 0.417 e. The highest BCUT2D eigenvalue weighted by molar-refractivity contribution is 7.81. The lowest BCUT2D eigenvalue weighted by atomic mass is 10.0. The normalized spacial score (nSPS) is 18.6. The second kappa shape index (κ2) is 20.4. The fourth-order valence-corrected chi connectivity index (χ4v) is 11.1. The Morgan fingerprint density at radius 3 is 2.29 bits per heavy atom. The molecular weight excluding hydrogens is 978 g/mol. The summed E-state index contributed by atoms with van der Waals surface area (Å²) in [7, 11) is 0. The summed E-state index contributed by atoms with van der Waals surface area (Å²) >= 11 is 7.28. The number of thiazole rings is 1. The van der Waals surface area contributed by atoms with Gasteiger partial charge in [0.2, 0.25) is 11.8 Å². The standard InChI is InChI=1S/C53H53F3N10O5S2/c1-31(2)46(49(69)63-28-40(67)23-44(63)48(68)59-25-33-6-8-35(9-7-33)47-32(3)60-30-73-47)64-29-42(27-61-64)71-41-18-20-62(21-19-41)45-17-13-37(26-58-45)34-10-14-38(15-11-34)66-51(72)65(50(70)52(66,4)5)39-16-12-36(24-57)43(22-39)53(54,55)56/h6-17,22,26-27,29-31,40-41,44,46,67H,18-21,23,25,28H2,1-5H3,(H,59,68)/t40-,44+,46+/m1/s1. The Morgan fingerprint density at radius 1 is 0.973 bits per heavy atom. The molecule has 3 fully saturated rings. The SMILES string of the molecule is Cc1ncsc1-c1ccc(CNC(=O)[C@@H]2C[C@@H](O)CN2C(=O)[C@H](C(C)C)n2cc(OC3CCN(c4ccc(-c5ccc(N6C(=S)N(c7ccc(C#N)c(C(F)(F)F)c7)C(=O)C6(C)C)cc5)cn4)CC3)cn2)cc1. The van der Waals surface area contributed by atoms with E-state index in [1.165, 1.54) is 11.0 Å². The van der Waals surface area contributed by atoms with Gasteiger partial charge < -0.3 is 29.9 Å². The number of rotatable bonds is 13. The molecule has 3 amide bonds. The number of carbonyl (C=O) groups excluding carboxylic acids is 3. The molecule has 0 bridgehead atoms. The number of nitrogens with one attached hydrogen (secondary N) is 1. The van der Waals surface area contributed by atoms with Crippen molar-refractivity contribution in [2.45, 2.75) is 96.4 Å². The molecule has 3 aromatic carbocycles. The molecule has 3 aromatic heterocycles. The Kier molecular flexibility index (Phi) is 14.1. The Bertz CT molecular complexity index is 3070. The van der Waals surface area contributed by atoms with Crippen molar-refractivity contribution in [3.8, 4) is 33.4 Å². The van der Waals surface area contributed by atoms with Crippen LogP contribution in [0.4, 0.5) is 30.4 Å². The number of aromatic nitrogens is 4. The van der Waals surface area contributed by atoms with Gasteiger partial charge in [0.25, 0.3) is 5.91 Å². The summed E-state index contributed by atoms with van der Waals surface area (Å²) in [6.07, 6.45) is 0.937. The van der Waals surface area contributed by atoms with Gasteiger partial charge in [0, 0.05) is 62.9 Å². The van der Waals surface area contributed by atoms with Gasteiger partial charge in [-0.05, 0) is 98.1 Å². The summed E-state index contributed by atoms with van der Waals surface area (Å²) < 4.78 is 49.4. The van der Waals surface area contributed by atoms with Crippen molar-refractivity contribution in [2.75, 3.05) is 34.3 Å². The van der Waals surface area contributed by atoms with Crippen molar-refractivity contribution in [1.82, 2.24) is 30.0 Å². The zero-order chi connectivity index (χ0) is 51.9. The molecule has 3 atom stereocenters. The minimum atomic E-state index is -4.80. The van der Waals surface area contributed by atoms with Gasteiger partial charge in [-0.15, -0.1) is 11.3 Å². The van der Waals surface area contributed by atoms with Crippen molar-refractivity contribution in [2.24, 2.45) is 5.92 Å². The van der Waals surface area contributed by atoms with Crippen molar-refractivity contribution in [3.05, 3.63) is 125 Å². The minimum Gasteiger partial charge on any atom is -0.487 e. The molecule has 6 heterocycles. The topological polar surface area (TPSA) is 173 Å². The third-order valence-corrected chi connectivity index (χ3v) is 15.0. The van der Waals surface area contributed by atoms with Gasteiger partial charge in [0.15, 0.2) is 10.9 Å². The Balaban J connectivity index is 0.781. The molecule has 9 rings (SSSR count). The number of carbonyl (C=O) groups is 3. The van der Waals surface area contributed by atoms with Crippen LogP contribution >= 0.6 is 23.6 Å². The van der Waals surface area contributed by atoms with E-state index in [1.54, 1.807) is 71.6 Å². The first kappa shape index (κ1) is 50.7. The van der Waals surface area contributed by atoms with Crippen LogP contribution in [0.3, 0.4) is 0 Å². The van der Waals surface area contributed by atoms with E-state index in [0.717, 1.165) is 55.7 Å². The summed E-state index contributed by atoms with van der Waals surface area (Å²) in [6, 6.07) is 22.3. The molecule has 2 N–H and O–H groups in total. The Morgan fingerprint density at radius 2 is 1.66 bits per heavy atom. The lowest BCUT2D eigenvalue weighted by molar-refractivity contribution is -0.142. The number of hydrogen-bond donors (Lipinski definition) is 2. The van der Waals surface area contributed by atoms with Crippen LogP contribution in [0, 0.1) is 24.2 Å². The molecule has 73 heavy (non-hydrogen) atoms. The van der Waals surface area contributed by atoms with Gasteiger partial charge in [0.05, 0.1) is 57.5 Å². The van der Waals surface area contributed by atoms with Gasteiger partial charge in [-0.25, -0.2) is 9.97 Å². The molecule has 0 radical (unpaired) electrons. The number of amides is 3. The average molecular weight is 1030 g/mol. The van der Waals surface area contributed by atoms with Crippen LogP contribution in [0.5, 0.6) is 5.75 Å². The van der Waals surface area contributed by atoms with Crippen molar-refractivity contribution in [3.63, 3.8) is 0 Å². The molecule has 3 aliphatic heterocycles. The summed E-state index contributed by atoms with van der Waals surface area (Å²) in [6.45, 7) is 10.8. The largest absolute Gasteiger partial charge is 0.487 e. The lowest BCUT2D eigenvalue weighted by Gasteiger charge is -2.32. The number of aryl methyl sites for hydroxylation is 1. The number of aliphatic hydroxyl groups excluding tert-OH is 1. The number of aliphatic hydroxyl groups is 1. The number of alkyl halides is 3. The van der Waals surface area contributed by atoms with Gasteiger partial charge in [-0.3, -0.25) is 24.0 Å². The Hall–Kier alpha value is -7.21. The van der Waals surface area contributed by atoms with Crippen LogP contribution in [0.15, 0.2) is 103 Å². The first-order chi connectivity index (χ1) is 34.8. The zero-order valence-corrected chi connectivity index (χ0v) is 42.3. The third-order valence-electron chi connectivity index (χ3n) is 13.7. The minimum absolute atomic E-state index is 0.0112. The number of pyridine rings is 1. The molecule has 3 aliphatic rings. The second-order valence-electron chi connectivity index (χ2n) is 19.3. The number of ether oxygens (including phenoxy) is 1. The predicted molar refractivity (Wildman–Crippen MR) is 275 cm³/mol. The molecule has 0 aliphatic carbocycles. The molecule has 20 heteroatoms. The van der Waals surface area contributed by atoms with Gasteiger partial charge in [0.1, 0.15) is 29.5 Å². The molecular formula is C53H53F3N10O5S2. The lowest BCUT2D eigenvalue weighted by Crippen LogP contribution is -2.49. The summed E-state index contributed by atoms with van der Waals surface area (Å²) in [4.78, 5) is 58.0. The zero-order valence-electron chi connectivity index (χ0n) is 40.7. The van der Waals surface area contributed by atoms with E-state index in [-0.39, 0.29) is 54.1 Å². The number of halogens is 3. The first-order valence-electron chi connectivity index (χ1n) is 23.9. The van der Waals surface area contributed by atoms with Crippen LogP contribution in [-0.4, -0.2) is 96.0 Å². The highest BCUT2D eigenvalue weighted by Gasteiger charge is 2.51. The van der Waals surface area contributed by atoms with Gasteiger partial charge in [-0.2, -0.15) is 23.5 Å². The van der Waals surface area contributed by atoms with E-state index in [0.29, 0.717) is 37.4 Å². The number of thiocarbonyl (C=S) groups is 1. The van der Waals surface area contributed by atoms with Crippen LogP contribution in [-0.2, 0) is 27.1 Å². The van der Waals surface area contributed by atoms with E-state index in [9.17, 15) is 37.9 Å². The third kappa shape index (κ3) is 10.3. The monoisotopic (exact) mass is 1030 g/mol. The molecule has 0 spiro atoms. The molecule has 0 unspecified atom stereocenters.